The van der Waals surface area contributed by atoms with Crippen LogP contribution in [0.25, 0.3) is 0 Å². The highest BCUT2D eigenvalue weighted by molar-refractivity contribution is 6.30. The summed E-state index contributed by atoms with van der Waals surface area (Å²) in [6.45, 7) is 6.63. The fourth-order valence-corrected chi connectivity index (χ4v) is 6.89. The number of piperidine rings is 1. The number of likely N-dealkylation sites (N-methyl/N-ethyl adjacent to an activating group) is 1. The largest absolute Gasteiger partial charge is 0.385 e. The number of nitrogens with one attached hydrogen (secondary N) is 3. The maximum absolute atomic E-state index is 13.7. The van der Waals surface area contributed by atoms with E-state index in [4.69, 9.17) is 16.3 Å². The summed E-state index contributed by atoms with van der Waals surface area (Å²) >= 11 is 6.51. The Morgan fingerprint density at radius 2 is 1.90 bits per heavy atom. The first-order chi connectivity index (χ1) is 19.3. The van der Waals surface area contributed by atoms with Crippen molar-refractivity contribution < 1.29 is 14.3 Å². The Kier molecular flexibility index (Phi) is 13.5. The Morgan fingerprint density at radius 3 is 2.58 bits per heavy atom. The third-order valence-corrected chi connectivity index (χ3v) is 9.14. The van der Waals surface area contributed by atoms with Crippen molar-refractivity contribution in [2.45, 2.75) is 96.1 Å². The Balaban J connectivity index is 1.84. The molecule has 8 heteroatoms. The zero-order chi connectivity index (χ0) is 29.0. The van der Waals surface area contributed by atoms with E-state index >= 15 is 0 Å². The minimum absolute atomic E-state index is 0.00956. The van der Waals surface area contributed by atoms with Gasteiger partial charge in [0.05, 0.1) is 5.54 Å². The number of halogens is 1. The molecule has 3 amide bonds. The fraction of sp³-hybridized carbons (Fsp3) is 0.750. The molecule has 1 saturated heterocycles. The zero-order valence-corrected chi connectivity index (χ0v) is 26.0. The number of rotatable bonds is 14. The van der Waals surface area contributed by atoms with Crippen molar-refractivity contribution in [3.05, 3.63) is 34.9 Å². The van der Waals surface area contributed by atoms with E-state index in [1.54, 1.807) is 7.11 Å². The van der Waals surface area contributed by atoms with Gasteiger partial charge < -0.3 is 25.6 Å². The van der Waals surface area contributed by atoms with Gasteiger partial charge in [-0.2, -0.15) is 0 Å². The maximum atomic E-state index is 13.7. The van der Waals surface area contributed by atoms with Crippen molar-refractivity contribution >= 4 is 23.5 Å². The molecular formula is C32H53ClN4O3. The number of carbonyl (C=O) groups is 2. The van der Waals surface area contributed by atoms with E-state index in [2.05, 4.69) is 22.0 Å². The molecule has 3 unspecified atom stereocenters. The molecule has 7 nitrogen and oxygen atoms in total. The van der Waals surface area contributed by atoms with Gasteiger partial charge in [-0.05, 0) is 69.2 Å². The normalized spacial score (nSPS) is 20.6. The lowest BCUT2D eigenvalue weighted by molar-refractivity contribution is -0.127. The Hall–Kier alpha value is -1.83. The highest BCUT2D eigenvalue weighted by Crippen LogP contribution is 2.41. The Labute approximate surface area is 247 Å². The number of likely N-dealkylation sites (tertiary alicyclic amines) is 1. The molecule has 2 aliphatic rings. The second-order valence-electron chi connectivity index (χ2n) is 12.3. The van der Waals surface area contributed by atoms with Gasteiger partial charge in [-0.3, -0.25) is 4.79 Å². The van der Waals surface area contributed by atoms with Crippen LogP contribution < -0.4 is 16.0 Å². The van der Waals surface area contributed by atoms with E-state index in [0.717, 1.165) is 57.2 Å². The number of unbranched alkanes of at least 4 members (excludes halogenated alkanes) is 1. The summed E-state index contributed by atoms with van der Waals surface area (Å²) in [6.07, 6.45) is 11.9. The molecule has 40 heavy (non-hydrogen) atoms. The summed E-state index contributed by atoms with van der Waals surface area (Å²) in [5.41, 5.74) is 0.398. The third kappa shape index (κ3) is 9.35. The summed E-state index contributed by atoms with van der Waals surface area (Å²) < 4.78 is 5.33. The topological polar surface area (TPSA) is 82.7 Å². The predicted octanol–water partition coefficient (Wildman–Crippen LogP) is 6.10. The second-order valence-corrected chi connectivity index (χ2v) is 12.7. The number of urea groups is 1. The van der Waals surface area contributed by atoms with Crippen molar-refractivity contribution in [3.63, 3.8) is 0 Å². The van der Waals surface area contributed by atoms with E-state index in [0.29, 0.717) is 24.1 Å². The average Bonchev–Trinajstić information content (AvgIpc) is 2.95. The predicted molar refractivity (Wildman–Crippen MR) is 164 cm³/mol. The molecule has 1 aliphatic carbocycles. The van der Waals surface area contributed by atoms with E-state index in [9.17, 15) is 9.59 Å². The fourth-order valence-electron chi connectivity index (χ4n) is 6.70. The lowest BCUT2D eigenvalue weighted by Crippen LogP contribution is -2.59. The first-order valence-corrected chi connectivity index (χ1v) is 15.9. The number of hydrogen-bond donors (Lipinski definition) is 3. The first-order valence-electron chi connectivity index (χ1n) is 15.6. The lowest BCUT2D eigenvalue weighted by Gasteiger charge is -2.47. The highest BCUT2D eigenvalue weighted by Gasteiger charge is 2.44. The van der Waals surface area contributed by atoms with Crippen LogP contribution in [-0.2, 0) is 15.1 Å². The second kappa shape index (κ2) is 16.6. The molecular weight excluding hydrogens is 524 g/mol. The van der Waals surface area contributed by atoms with Crippen LogP contribution in [0.3, 0.4) is 0 Å². The maximum Gasteiger partial charge on any atom is 0.317 e. The number of methoxy groups -OCH3 is 1. The molecule has 3 rings (SSSR count). The van der Waals surface area contributed by atoms with E-state index < -0.39 is 5.54 Å². The van der Waals surface area contributed by atoms with Gasteiger partial charge in [0.1, 0.15) is 0 Å². The van der Waals surface area contributed by atoms with Gasteiger partial charge in [-0.15, -0.1) is 0 Å². The molecule has 3 N–H and O–H groups in total. The summed E-state index contributed by atoms with van der Waals surface area (Å²) in [5, 5.41) is 10.8. The molecule has 0 radical (unpaired) electrons. The van der Waals surface area contributed by atoms with Crippen LogP contribution in [0.5, 0.6) is 0 Å². The standard InChI is InChI=1S/C32H53ClN4O3/c1-24(2)30(38)36-32(17-8-9-19-40-4,26-14-10-16-28(33)21-26)27-15-11-18-37(23-27)31(39)35-29(22-34-3)20-25-12-6-5-7-13-25/h10,14,16,21,24-25,27,29,34H,5-9,11-13,15,17-20,22-23H2,1-4H3,(H,35,39)(H,36,38). The van der Waals surface area contributed by atoms with Crippen LogP contribution >= 0.6 is 11.6 Å². The summed E-state index contributed by atoms with van der Waals surface area (Å²) in [4.78, 5) is 29.0. The minimum atomic E-state index is -0.620. The van der Waals surface area contributed by atoms with Gasteiger partial charge in [-0.1, -0.05) is 69.7 Å². The molecule has 226 valence electrons. The molecule has 1 aliphatic heterocycles. The monoisotopic (exact) mass is 576 g/mol. The molecule has 1 saturated carbocycles. The van der Waals surface area contributed by atoms with Gasteiger partial charge in [0.2, 0.25) is 5.91 Å². The zero-order valence-electron chi connectivity index (χ0n) is 25.3. The van der Waals surface area contributed by atoms with Crippen molar-refractivity contribution in [1.82, 2.24) is 20.9 Å². The number of ether oxygens (including phenoxy) is 1. The lowest BCUT2D eigenvalue weighted by atomic mass is 9.71. The smallest absolute Gasteiger partial charge is 0.317 e. The molecule has 1 aromatic carbocycles. The van der Waals surface area contributed by atoms with Gasteiger partial charge in [-0.25, -0.2) is 4.79 Å². The Morgan fingerprint density at radius 1 is 1.12 bits per heavy atom. The first kappa shape index (κ1) is 32.7. The molecule has 2 fully saturated rings. The minimum Gasteiger partial charge on any atom is -0.385 e. The van der Waals surface area contributed by atoms with Crippen LogP contribution in [0.1, 0.15) is 90.0 Å². The van der Waals surface area contributed by atoms with Gasteiger partial charge in [0.15, 0.2) is 0 Å². The van der Waals surface area contributed by atoms with Crippen molar-refractivity contribution in [2.75, 3.05) is 40.4 Å². The van der Waals surface area contributed by atoms with E-state index in [1.807, 2.05) is 44.0 Å². The summed E-state index contributed by atoms with van der Waals surface area (Å²) in [7, 11) is 3.68. The van der Waals surface area contributed by atoms with Crippen LogP contribution in [0.4, 0.5) is 4.79 Å². The SMILES string of the molecule is CNCC(CC1CCCCC1)NC(=O)N1CCCC(C(CCCCOC)(NC(=O)C(C)C)c2cccc(Cl)c2)C1. The summed E-state index contributed by atoms with van der Waals surface area (Å²) in [5.74, 6) is 0.629. The Bertz CT molecular complexity index is 923. The van der Waals surface area contributed by atoms with Crippen molar-refractivity contribution in [2.24, 2.45) is 17.8 Å². The molecule has 0 aromatic heterocycles. The molecule has 1 heterocycles. The van der Waals surface area contributed by atoms with Gasteiger partial charge in [0.25, 0.3) is 0 Å². The van der Waals surface area contributed by atoms with Gasteiger partial charge in [0, 0.05) is 56.3 Å². The van der Waals surface area contributed by atoms with Crippen molar-refractivity contribution in [1.29, 1.82) is 0 Å². The third-order valence-electron chi connectivity index (χ3n) is 8.91. The van der Waals surface area contributed by atoms with E-state index in [-0.39, 0.29) is 29.8 Å². The molecule has 0 bridgehead atoms. The molecule has 3 atom stereocenters. The summed E-state index contributed by atoms with van der Waals surface area (Å²) in [6, 6.07) is 8.03. The number of carbonyl (C=O) groups excluding carboxylic acids is 2. The number of amides is 3. The van der Waals surface area contributed by atoms with Crippen LogP contribution in [0, 0.1) is 17.8 Å². The number of hydrogen-bond acceptors (Lipinski definition) is 4. The molecule has 1 aromatic rings. The quantitative estimate of drug-likeness (QED) is 0.234. The van der Waals surface area contributed by atoms with Crippen LogP contribution in [0.15, 0.2) is 24.3 Å². The number of benzene rings is 1. The molecule has 0 spiro atoms. The van der Waals surface area contributed by atoms with Gasteiger partial charge >= 0.3 is 6.03 Å². The average molecular weight is 577 g/mol. The highest BCUT2D eigenvalue weighted by atomic mass is 35.5. The van der Waals surface area contributed by atoms with Crippen molar-refractivity contribution in [3.8, 4) is 0 Å². The van der Waals surface area contributed by atoms with Crippen LogP contribution in [-0.4, -0.2) is 63.3 Å². The van der Waals surface area contributed by atoms with E-state index in [1.165, 1.54) is 32.1 Å². The van der Waals surface area contributed by atoms with Crippen LogP contribution in [0.2, 0.25) is 5.02 Å². The number of nitrogens with zero attached hydrogens (tertiary/aromatic N) is 1.